The van der Waals surface area contributed by atoms with Gasteiger partial charge in [0, 0.05) is 5.54 Å². The highest BCUT2D eigenvalue weighted by Crippen LogP contribution is 2.18. The van der Waals surface area contributed by atoms with Crippen LogP contribution in [0.15, 0.2) is 0 Å². The number of nitriles is 2. The molecule has 0 aliphatic rings. The van der Waals surface area contributed by atoms with Crippen molar-refractivity contribution in [2.24, 2.45) is 0 Å². The third-order valence-corrected chi connectivity index (χ3v) is 1.98. The van der Waals surface area contributed by atoms with Gasteiger partial charge in [0.1, 0.15) is 12.1 Å². The number of esters is 1. The lowest BCUT2D eigenvalue weighted by Gasteiger charge is -2.22. The molecule has 1 aromatic heterocycles. The molecule has 0 saturated carbocycles. The zero-order valence-corrected chi connectivity index (χ0v) is 11.1. The molecule has 0 fully saturated rings. The van der Waals surface area contributed by atoms with Crippen molar-refractivity contribution in [3.05, 3.63) is 17.1 Å². The normalized spacial score (nSPS) is 10.2. The summed E-state index contributed by atoms with van der Waals surface area (Å²) in [5.41, 5.74) is -0.851. The maximum Gasteiger partial charge on any atom is 0.360 e. The summed E-state index contributed by atoms with van der Waals surface area (Å²) in [4.78, 5) is 19.4. The average Bonchev–Trinajstić information content (AvgIpc) is 2.35. The minimum atomic E-state index is -0.722. The van der Waals surface area contributed by atoms with Gasteiger partial charge in [-0.2, -0.15) is 10.5 Å². The lowest BCUT2D eigenvalue weighted by Crippen LogP contribution is -2.29. The first kappa shape index (κ1) is 14.4. The minimum absolute atomic E-state index is 0.118. The van der Waals surface area contributed by atoms with Crippen molar-refractivity contribution in [2.45, 2.75) is 26.3 Å². The number of nitrogens with one attached hydrogen (secondary N) is 1. The van der Waals surface area contributed by atoms with Crippen LogP contribution in [0.1, 0.15) is 42.6 Å². The smallest absolute Gasteiger partial charge is 0.360 e. The summed E-state index contributed by atoms with van der Waals surface area (Å²) in [7, 11) is 1.20. The quantitative estimate of drug-likeness (QED) is 0.794. The molecule has 1 N–H and O–H groups in total. The molecular weight excluding hydrogens is 246 g/mol. The highest BCUT2D eigenvalue weighted by atomic mass is 16.5. The molecule has 7 nitrogen and oxygen atoms in total. The summed E-state index contributed by atoms with van der Waals surface area (Å²) >= 11 is 0. The number of ether oxygens (including phenoxy) is 1. The fourth-order valence-electron chi connectivity index (χ4n) is 1.27. The Balaban J connectivity index is 3.47. The molecule has 0 spiro atoms. The monoisotopic (exact) mass is 259 g/mol. The lowest BCUT2D eigenvalue weighted by atomic mass is 10.1. The molecule has 1 heterocycles. The van der Waals surface area contributed by atoms with Gasteiger partial charge >= 0.3 is 5.97 Å². The fourth-order valence-corrected chi connectivity index (χ4v) is 1.27. The Labute approximate surface area is 110 Å². The van der Waals surface area contributed by atoms with E-state index in [0.717, 1.165) is 0 Å². The van der Waals surface area contributed by atoms with E-state index in [2.05, 4.69) is 20.0 Å². The number of hydrogen-bond donors (Lipinski definition) is 1. The highest BCUT2D eigenvalue weighted by molar-refractivity contribution is 5.92. The Morgan fingerprint density at radius 3 is 2.16 bits per heavy atom. The van der Waals surface area contributed by atoms with E-state index in [-0.39, 0.29) is 22.9 Å². The van der Waals surface area contributed by atoms with Crippen LogP contribution in [0.25, 0.3) is 0 Å². The van der Waals surface area contributed by atoms with Crippen molar-refractivity contribution in [1.82, 2.24) is 9.97 Å². The third-order valence-electron chi connectivity index (χ3n) is 1.98. The van der Waals surface area contributed by atoms with E-state index >= 15 is 0 Å². The lowest BCUT2D eigenvalue weighted by molar-refractivity contribution is 0.0594. The molecule has 0 radical (unpaired) electrons. The maximum absolute atomic E-state index is 11.6. The topological polar surface area (TPSA) is 112 Å². The molecule has 0 aliphatic heterocycles. The fraction of sp³-hybridized carbons (Fsp3) is 0.417. The van der Waals surface area contributed by atoms with Crippen molar-refractivity contribution < 1.29 is 9.53 Å². The van der Waals surface area contributed by atoms with E-state index in [1.807, 2.05) is 20.8 Å². The second kappa shape index (κ2) is 5.32. The van der Waals surface area contributed by atoms with E-state index in [4.69, 9.17) is 10.5 Å². The van der Waals surface area contributed by atoms with Crippen molar-refractivity contribution in [1.29, 1.82) is 10.5 Å². The van der Waals surface area contributed by atoms with Gasteiger partial charge < -0.3 is 10.1 Å². The Morgan fingerprint density at radius 1 is 1.21 bits per heavy atom. The van der Waals surface area contributed by atoms with E-state index in [1.165, 1.54) is 7.11 Å². The Hall–Kier alpha value is -2.67. The summed E-state index contributed by atoms with van der Waals surface area (Å²) in [6, 6.07) is 3.49. The number of aromatic nitrogens is 2. The minimum Gasteiger partial charge on any atom is -0.464 e. The van der Waals surface area contributed by atoms with Crippen LogP contribution in [0, 0.1) is 22.7 Å². The van der Waals surface area contributed by atoms with Gasteiger partial charge in [0.15, 0.2) is 22.9 Å². The molecule has 0 unspecified atom stereocenters. The van der Waals surface area contributed by atoms with E-state index < -0.39 is 11.5 Å². The molecule has 0 amide bonds. The highest BCUT2D eigenvalue weighted by Gasteiger charge is 2.23. The van der Waals surface area contributed by atoms with Crippen molar-refractivity contribution in [2.75, 3.05) is 12.4 Å². The van der Waals surface area contributed by atoms with Crippen molar-refractivity contribution in [3.63, 3.8) is 0 Å². The van der Waals surface area contributed by atoms with Crippen LogP contribution in [0.2, 0.25) is 0 Å². The second-order valence-electron chi connectivity index (χ2n) is 4.71. The Morgan fingerprint density at radius 2 is 1.74 bits per heavy atom. The molecule has 0 atom stereocenters. The number of methoxy groups -OCH3 is 1. The van der Waals surface area contributed by atoms with Crippen molar-refractivity contribution in [3.8, 4) is 12.1 Å². The van der Waals surface area contributed by atoms with Crippen LogP contribution >= 0.6 is 0 Å². The molecule has 0 aromatic carbocycles. The summed E-state index contributed by atoms with van der Waals surface area (Å²) in [5, 5.41) is 20.7. The van der Waals surface area contributed by atoms with Gasteiger partial charge in [-0.15, -0.1) is 0 Å². The molecule has 1 aromatic rings. The molecule has 0 aliphatic carbocycles. The predicted octanol–water partition coefficient (Wildman–Crippen LogP) is 1.22. The SMILES string of the molecule is COC(=O)c1nc(C#N)c(C#N)nc1NC(C)(C)C. The molecule has 19 heavy (non-hydrogen) atoms. The van der Waals surface area contributed by atoms with E-state index in [0.29, 0.717) is 0 Å². The van der Waals surface area contributed by atoms with Gasteiger partial charge in [0.25, 0.3) is 0 Å². The van der Waals surface area contributed by atoms with Gasteiger partial charge in [-0.25, -0.2) is 14.8 Å². The summed E-state index contributed by atoms with van der Waals surface area (Å²) in [6.07, 6.45) is 0. The number of carbonyl (C=O) groups excluding carboxylic acids is 1. The first-order valence-corrected chi connectivity index (χ1v) is 5.41. The van der Waals surface area contributed by atoms with Gasteiger partial charge in [-0.3, -0.25) is 0 Å². The number of hydrogen-bond acceptors (Lipinski definition) is 7. The van der Waals surface area contributed by atoms with Crippen LogP contribution in [0.4, 0.5) is 5.82 Å². The first-order chi connectivity index (χ1) is 8.82. The Bertz CT molecular complexity index is 590. The maximum atomic E-state index is 11.6. The summed E-state index contributed by atoms with van der Waals surface area (Å²) < 4.78 is 4.59. The summed E-state index contributed by atoms with van der Waals surface area (Å²) in [6.45, 7) is 5.58. The van der Waals surface area contributed by atoms with E-state index in [9.17, 15) is 4.79 Å². The summed E-state index contributed by atoms with van der Waals surface area (Å²) in [5.74, 6) is -0.602. The van der Waals surface area contributed by atoms with E-state index in [1.54, 1.807) is 12.1 Å². The largest absolute Gasteiger partial charge is 0.464 e. The number of rotatable bonds is 2. The molecule has 7 heteroatoms. The van der Waals surface area contributed by atoms with Gasteiger partial charge in [0.2, 0.25) is 0 Å². The van der Waals surface area contributed by atoms with Gasteiger partial charge in [0.05, 0.1) is 7.11 Å². The standard InChI is InChI=1S/C12H13N5O2/c1-12(2,3)17-10-9(11(18)19-4)15-7(5-13)8(6-14)16-10/h1-4H3,(H,16,17). The number of carbonyl (C=O) groups is 1. The number of nitrogens with zero attached hydrogens (tertiary/aromatic N) is 4. The van der Waals surface area contributed by atoms with Crippen LogP contribution in [0.3, 0.4) is 0 Å². The molecular formula is C12H13N5O2. The first-order valence-electron chi connectivity index (χ1n) is 5.41. The van der Waals surface area contributed by atoms with Gasteiger partial charge in [-0.05, 0) is 20.8 Å². The van der Waals surface area contributed by atoms with Crippen LogP contribution < -0.4 is 5.32 Å². The molecule has 98 valence electrons. The van der Waals surface area contributed by atoms with Gasteiger partial charge in [-0.1, -0.05) is 0 Å². The van der Waals surface area contributed by atoms with Crippen LogP contribution in [-0.4, -0.2) is 28.6 Å². The Kier molecular flexibility index (Phi) is 4.03. The van der Waals surface area contributed by atoms with Crippen molar-refractivity contribution >= 4 is 11.8 Å². The predicted molar refractivity (Wildman–Crippen MR) is 66.2 cm³/mol. The molecule has 0 saturated heterocycles. The second-order valence-corrected chi connectivity index (χ2v) is 4.71. The third kappa shape index (κ3) is 3.39. The zero-order valence-electron chi connectivity index (χ0n) is 11.1. The number of anilines is 1. The van der Waals surface area contributed by atoms with Crippen LogP contribution in [-0.2, 0) is 4.74 Å². The zero-order chi connectivity index (χ0) is 14.6. The molecule has 0 bridgehead atoms. The van der Waals surface area contributed by atoms with Crippen LogP contribution in [0.5, 0.6) is 0 Å². The average molecular weight is 259 g/mol. The molecule has 1 rings (SSSR count).